The molecule has 0 saturated carbocycles. The molecule has 1 aliphatic rings. The minimum atomic E-state index is -1.14. The Bertz CT molecular complexity index is 1910. The van der Waals surface area contributed by atoms with E-state index in [1.54, 1.807) is 11.7 Å². The number of rotatable bonds is 25. The van der Waals surface area contributed by atoms with E-state index in [4.69, 9.17) is 18.9 Å². The highest BCUT2D eigenvalue weighted by Crippen LogP contribution is 2.28. The van der Waals surface area contributed by atoms with Gasteiger partial charge < -0.3 is 39.6 Å². The van der Waals surface area contributed by atoms with Gasteiger partial charge in [-0.1, -0.05) is 61.5 Å². The van der Waals surface area contributed by atoms with Gasteiger partial charge in [0.15, 0.2) is 5.52 Å². The van der Waals surface area contributed by atoms with E-state index in [0.29, 0.717) is 110 Å². The Hall–Kier alpha value is -4.51. The molecule has 3 N–H and O–H groups in total. The number of piperidine rings is 1. The summed E-state index contributed by atoms with van der Waals surface area (Å²) in [6.07, 6.45) is 3.74. The van der Waals surface area contributed by atoms with Crippen LogP contribution in [-0.2, 0) is 48.7 Å². The lowest BCUT2D eigenvalue weighted by Crippen LogP contribution is -2.49. The molecule has 2 aromatic heterocycles. The maximum Gasteiger partial charge on any atom is 0.281 e. The number of nitrogens with one attached hydrogen (secondary N) is 2. The molecule has 58 heavy (non-hydrogen) atoms. The van der Waals surface area contributed by atoms with Gasteiger partial charge in [0.25, 0.3) is 5.56 Å². The summed E-state index contributed by atoms with van der Waals surface area (Å²) >= 11 is 0. The van der Waals surface area contributed by atoms with Gasteiger partial charge in [-0.2, -0.15) is 5.10 Å². The molecule has 0 aliphatic carbocycles. The third-order valence-corrected chi connectivity index (χ3v) is 10.4. The lowest BCUT2D eigenvalue weighted by Gasteiger charge is -2.38. The third-order valence-electron chi connectivity index (χ3n) is 10.4. The van der Waals surface area contributed by atoms with E-state index < -0.39 is 5.60 Å². The molecule has 15 heteroatoms. The van der Waals surface area contributed by atoms with Crippen molar-refractivity contribution in [3.8, 4) is 11.3 Å². The number of aromatic nitrogens is 4. The molecule has 1 atom stereocenters. The van der Waals surface area contributed by atoms with Crippen molar-refractivity contribution in [2.45, 2.75) is 70.6 Å². The smallest absolute Gasteiger partial charge is 0.281 e. The average Bonchev–Trinajstić information content (AvgIpc) is 3.57. The zero-order valence-electron chi connectivity index (χ0n) is 34.3. The van der Waals surface area contributed by atoms with Crippen molar-refractivity contribution in [2.75, 3.05) is 79.0 Å². The maximum absolute atomic E-state index is 13.6. The minimum Gasteiger partial charge on any atom is -0.388 e. The van der Waals surface area contributed by atoms with Gasteiger partial charge in [-0.15, -0.1) is 0 Å². The number of fused-ring (bicyclic) bond motifs is 1. The van der Waals surface area contributed by atoms with Gasteiger partial charge >= 0.3 is 0 Å². The molecule has 316 valence electrons. The first kappa shape index (κ1) is 44.6. The summed E-state index contributed by atoms with van der Waals surface area (Å²) in [6, 6.07) is 18.0. The van der Waals surface area contributed by atoms with Crippen molar-refractivity contribution in [1.82, 2.24) is 34.9 Å². The Balaban J connectivity index is 0.988. The van der Waals surface area contributed by atoms with Crippen LogP contribution in [0.3, 0.4) is 0 Å². The summed E-state index contributed by atoms with van der Waals surface area (Å²) in [6.45, 7) is 11.0. The van der Waals surface area contributed by atoms with E-state index in [9.17, 15) is 19.5 Å². The van der Waals surface area contributed by atoms with Crippen LogP contribution in [0.2, 0.25) is 0 Å². The topological polar surface area (TPSA) is 171 Å². The first-order valence-corrected chi connectivity index (χ1v) is 20.5. The predicted molar refractivity (Wildman–Crippen MR) is 221 cm³/mol. The van der Waals surface area contributed by atoms with Gasteiger partial charge in [0, 0.05) is 58.2 Å². The predicted octanol–water partition coefficient (Wildman–Crippen LogP) is 3.42. The summed E-state index contributed by atoms with van der Waals surface area (Å²) in [4.78, 5) is 45.2. The molecule has 0 spiro atoms. The van der Waals surface area contributed by atoms with Gasteiger partial charge in [-0.3, -0.25) is 23.6 Å². The molecule has 3 heterocycles. The van der Waals surface area contributed by atoms with E-state index in [1.165, 1.54) is 10.9 Å². The van der Waals surface area contributed by atoms with Crippen LogP contribution in [0.15, 0.2) is 65.7 Å². The highest BCUT2D eigenvalue weighted by atomic mass is 16.6. The average molecular weight is 804 g/mol. The molecule has 1 saturated heterocycles. The lowest BCUT2D eigenvalue weighted by atomic mass is 9.90. The van der Waals surface area contributed by atoms with Gasteiger partial charge in [0.1, 0.15) is 5.52 Å². The molecule has 1 fully saturated rings. The van der Waals surface area contributed by atoms with Crippen LogP contribution in [0.4, 0.5) is 0 Å². The number of carbonyl (C=O) groups is 2. The quantitative estimate of drug-likeness (QED) is 0.0840. The molecular formula is C43H61N7O8. The van der Waals surface area contributed by atoms with Crippen molar-refractivity contribution in [2.24, 2.45) is 7.05 Å². The van der Waals surface area contributed by atoms with Crippen LogP contribution in [0, 0.1) is 0 Å². The van der Waals surface area contributed by atoms with E-state index in [0.717, 1.165) is 35.3 Å². The Morgan fingerprint density at radius 2 is 1.53 bits per heavy atom. The first-order valence-electron chi connectivity index (χ1n) is 20.5. The van der Waals surface area contributed by atoms with Gasteiger partial charge in [-0.05, 0) is 49.8 Å². The summed E-state index contributed by atoms with van der Waals surface area (Å²) in [5.74, 6) is 0.143. The SMILES string of the molecule is CCOCCOCCOCCOCCC(=O)NCCCNCc1ccc(-c2c3ncn(CC4(O)CCN(C(=O)CC(C)c5ccccc5)CC4)c(=O)c3nn2C)cc1. The number of ether oxygens (including phenoxy) is 4. The second-order valence-electron chi connectivity index (χ2n) is 14.8. The van der Waals surface area contributed by atoms with Crippen molar-refractivity contribution >= 4 is 22.8 Å². The number of likely N-dealkylation sites (tertiary alicyclic amines) is 1. The number of amides is 2. The van der Waals surface area contributed by atoms with Crippen LogP contribution in [0.25, 0.3) is 22.3 Å². The summed E-state index contributed by atoms with van der Waals surface area (Å²) in [5.41, 5.74) is 3.14. The molecule has 2 aromatic carbocycles. The number of hydrogen-bond donors (Lipinski definition) is 3. The number of hydrogen-bond acceptors (Lipinski definition) is 11. The largest absolute Gasteiger partial charge is 0.388 e. The summed E-state index contributed by atoms with van der Waals surface area (Å²) < 4.78 is 24.6. The monoisotopic (exact) mass is 803 g/mol. The molecule has 1 aliphatic heterocycles. The highest BCUT2D eigenvalue weighted by molar-refractivity contribution is 5.89. The molecule has 5 rings (SSSR count). The molecule has 2 amide bonds. The number of benzene rings is 2. The maximum atomic E-state index is 13.6. The first-order chi connectivity index (χ1) is 28.2. The van der Waals surface area contributed by atoms with Crippen LogP contribution in [0.1, 0.15) is 63.0 Å². The summed E-state index contributed by atoms with van der Waals surface area (Å²) in [5, 5.41) is 22.4. The van der Waals surface area contributed by atoms with Crippen molar-refractivity contribution < 1.29 is 33.6 Å². The lowest BCUT2D eigenvalue weighted by molar-refractivity contribution is -0.136. The second kappa shape index (κ2) is 23.2. The molecule has 15 nitrogen and oxygen atoms in total. The normalized spacial score (nSPS) is 14.5. The molecular weight excluding hydrogens is 743 g/mol. The van der Waals surface area contributed by atoms with Gasteiger partial charge in [0.05, 0.1) is 70.4 Å². The number of aliphatic hydroxyl groups is 1. The van der Waals surface area contributed by atoms with Crippen molar-refractivity contribution in [1.29, 1.82) is 0 Å². The number of carbonyl (C=O) groups excluding carboxylic acids is 2. The zero-order valence-corrected chi connectivity index (χ0v) is 34.3. The van der Waals surface area contributed by atoms with E-state index in [-0.39, 0.29) is 35.4 Å². The fourth-order valence-corrected chi connectivity index (χ4v) is 6.98. The Morgan fingerprint density at radius 1 is 0.879 bits per heavy atom. The highest BCUT2D eigenvalue weighted by Gasteiger charge is 2.35. The number of nitrogens with zero attached hydrogens (tertiary/aromatic N) is 5. The van der Waals surface area contributed by atoms with Crippen molar-refractivity contribution in [3.63, 3.8) is 0 Å². The fraction of sp³-hybridized carbons (Fsp3) is 0.558. The molecule has 0 radical (unpaired) electrons. The van der Waals surface area contributed by atoms with E-state index in [1.807, 2.05) is 66.4 Å². The molecule has 1 unspecified atom stereocenters. The molecule has 0 bridgehead atoms. The van der Waals surface area contributed by atoms with Crippen molar-refractivity contribution in [3.05, 3.63) is 82.4 Å². The third kappa shape index (κ3) is 13.5. The molecule has 4 aromatic rings. The standard InChI is InChI=1S/C43H61N7O8/c1-4-55-23-24-57-27-28-58-26-25-56-22-15-37(51)45-19-8-18-44-30-34-11-13-36(14-12-34)41-39-40(47-48(41)3)42(53)50(32-46-39)31-43(54)16-20-49(21-17-43)38(52)29-33(2)35-9-6-5-7-10-35/h5-7,9-14,32-33,44,54H,4,8,15-31H2,1-3H3,(H,45,51). The fourth-order valence-electron chi connectivity index (χ4n) is 6.98. The Labute approximate surface area is 341 Å². The van der Waals surface area contributed by atoms with E-state index >= 15 is 0 Å². The van der Waals surface area contributed by atoms with Crippen LogP contribution in [0.5, 0.6) is 0 Å². The summed E-state index contributed by atoms with van der Waals surface area (Å²) in [7, 11) is 1.79. The van der Waals surface area contributed by atoms with Crippen LogP contribution < -0.4 is 16.2 Å². The van der Waals surface area contributed by atoms with Crippen LogP contribution >= 0.6 is 0 Å². The number of aryl methyl sites for hydroxylation is 1. The van der Waals surface area contributed by atoms with Gasteiger partial charge in [-0.25, -0.2) is 4.98 Å². The van der Waals surface area contributed by atoms with Gasteiger partial charge in [0.2, 0.25) is 11.8 Å². The zero-order chi connectivity index (χ0) is 41.2. The minimum absolute atomic E-state index is 0.0393. The Morgan fingerprint density at radius 3 is 2.21 bits per heavy atom. The van der Waals surface area contributed by atoms with Crippen LogP contribution in [-0.4, -0.2) is 126 Å². The van der Waals surface area contributed by atoms with E-state index in [2.05, 4.69) is 27.6 Å². The second-order valence-corrected chi connectivity index (χ2v) is 14.8. The Kier molecular flexibility index (Phi) is 17.8.